The van der Waals surface area contributed by atoms with Crippen molar-refractivity contribution < 1.29 is 0 Å². The average Bonchev–Trinajstić information content (AvgIpc) is 2.68. The third kappa shape index (κ3) is 2.36. The minimum Gasteiger partial charge on any atom is -0.0955 e. The molecule has 1 aromatic carbocycles. The minimum absolute atomic E-state index is 0.456. The molecule has 0 aliphatic heterocycles. The molecule has 0 saturated heterocycles. The number of benzene rings is 1. The normalized spacial score (nSPS) is 26.2. The molecule has 4 aliphatic carbocycles. The monoisotopic (exact) mass is 322 g/mol. The molecule has 0 saturated carbocycles. The molecule has 2 unspecified atom stereocenters. The molecule has 0 heteroatoms. The Balaban J connectivity index is 1.68. The number of hydrogen-bond donors (Lipinski definition) is 0. The zero-order valence-corrected chi connectivity index (χ0v) is 14.4. The van der Waals surface area contributed by atoms with Crippen molar-refractivity contribution in [3.8, 4) is 0 Å². The van der Waals surface area contributed by atoms with Crippen LogP contribution < -0.4 is 0 Å². The SMILES string of the molecule is C=C1C=C(c2ccc3c(c2)C2C=CC=CC2C2=C3CCC=C2)C=CC1. The van der Waals surface area contributed by atoms with Crippen LogP contribution in [0.15, 0.2) is 90.6 Å². The van der Waals surface area contributed by atoms with Crippen molar-refractivity contribution in [3.05, 3.63) is 107 Å². The maximum Gasteiger partial charge on any atom is 0.0131 e. The van der Waals surface area contributed by atoms with E-state index in [1.54, 1.807) is 5.57 Å². The van der Waals surface area contributed by atoms with Crippen LogP contribution >= 0.6 is 0 Å². The summed E-state index contributed by atoms with van der Waals surface area (Å²) in [6.07, 6.45) is 23.9. The molecule has 0 amide bonds. The summed E-state index contributed by atoms with van der Waals surface area (Å²) in [6, 6.07) is 7.07. The van der Waals surface area contributed by atoms with Crippen molar-refractivity contribution in [2.24, 2.45) is 5.92 Å². The lowest BCUT2D eigenvalue weighted by atomic mass is 9.67. The predicted molar refractivity (Wildman–Crippen MR) is 107 cm³/mol. The summed E-state index contributed by atoms with van der Waals surface area (Å²) in [7, 11) is 0. The predicted octanol–water partition coefficient (Wildman–Crippen LogP) is 6.53. The van der Waals surface area contributed by atoms with E-state index in [0.717, 1.165) is 12.8 Å². The van der Waals surface area contributed by atoms with Gasteiger partial charge < -0.3 is 0 Å². The number of allylic oxidation sites excluding steroid dienone is 13. The molecule has 5 rings (SSSR count). The topological polar surface area (TPSA) is 0 Å². The first-order valence-electron chi connectivity index (χ1n) is 9.26. The summed E-state index contributed by atoms with van der Waals surface area (Å²) >= 11 is 0. The average molecular weight is 322 g/mol. The van der Waals surface area contributed by atoms with Crippen LogP contribution in [-0.2, 0) is 0 Å². The van der Waals surface area contributed by atoms with E-state index in [4.69, 9.17) is 0 Å². The largest absolute Gasteiger partial charge is 0.0955 e. The highest BCUT2D eigenvalue weighted by Crippen LogP contribution is 2.49. The number of rotatable bonds is 1. The molecule has 25 heavy (non-hydrogen) atoms. The van der Waals surface area contributed by atoms with Crippen LogP contribution in [0.3, 0.4) is 0 Å². The lowest BCUT2D eigenvalue weighted by Crippen LogP contribution is -2.21. The molecule has 1 aromatic rings. The van der Waals surface area contributed by atoms with Gasteiger partial charge in [-0.3, -0.25) is 0 Å². The van der Waals surface area contributed by atoms with Gasteiger partial charge >= 0.3 is 0 Å². The maximum absolute atomic E-state index is 4.13. The van der Waals surface area contributed by atoms with Crippen molar-refractivity contribution in [2.75, 3.05) is 0 Å². The Morgan fingerprint density at radius 1 is 0.960 bits per heavy atom. The van der Waals surface area contributed by atoms with Gasteiger partial charge in [-0.1, -0.05) is 79.0 Å². The van der Waals surface area contributed by atoms with Crippen LogP contribution in [0.2, 0.25) is 0 Å². The van der Waals surface area contributed by atoms with Gasteiger partial charge in [0, 0.05) is 11.8 Å². The van der Waals surface area contributed by atoms with E-state index in [1.165, 1.54) is 39.8 Å². The lowest BCUT2D eigenvalue weighted by molar-refractivity contribution is 0.655. The van der Waals surface area contributed by atoms with E-state index in [9.17, 15) is 0 Å². The van der Waals surface area contributed by atoms with Crippen molar-refractivity contribution in [3.63, 3.8) is 0 Å². The van der Waals surface area contributed by atoms with Crippen LogP contribution in [0, 0.1) is 5.92 Å². The third-order valence-corrected chi connectivity index (χ3v) is 5.81. The summed E-state index contributed by atoms with van der Waals surface area (Å²) in [6.45, 7) is 4.13. The Morgan fingerprint density at radius 2 is 1.84 bits per heavy atom. The fraction of sp³-hybridized carbons (Fsp3) is 0.200. The third-order valence-electron chi connectivity index (χ3n) is 5.81. The van der Waals surface area contributed by atoms with Gasteiger partial charge in [-0.05, 0) is 58.7 Å². The Hall–Kier alpha value is -2.60. The molecular formula is C25H22. The maximum atomic E-state index is 4.13. The molecule has 0 nitrogen and oxygen atoms in total. The highest BCUT2D eigenvalue weighted by atomic mass is 14.4. The van der Waals surface area contributed by atoms with Crippen LogP contribution in [0.5, 0.6) is 0 Å². The van der Waals surface area contributed by atoms with Crippen molar-refractivity contribution in [2.45, 2.75) is 25.2 Å². The molecule has 4 aliphatic rings. The van der Waals surface area contributed by atoms with E-state index in [2.05, 4.69) is 79.5 Å². The summed E-state index contributed by atoms with van der Waals surface area (Å²) in [4.78, 5) is 0. The number of fused-ring (bicyclic) bond motifs is 5. The first-order valence-corrected chi connectivity index (χ1v) is 9.26. The van der Waals surface area contributed by atoms with E-state index in [0.29, 0.717) is 11.8 Å². The Bertz CT molecular complexity index is 940. The molecule has 0 radical (unpaired) electrons. The zero-order valence-electron chi connectivity index (χ0n) is 14.4. The molecule has 0 spiro atoms. The molecule has 2 atom stereocenters. The minimum atomic E-state index is 0.456. The van der Waals surface area contributed by atoms with Gasteiger partial charge in [0.15, 0.2) is 0 Å². The lowest BCUT2D eigenvalue weighted by Gasteiger charge is -2.36. The second-order valence-electron chi connectivity index (χ2n) is 7.36. The summed E-state index contributed by atoms with van der Waals surface area (Å²) in [5, 5.41) is 0. The quantitative estimate of drug-likeness (QED) is 0.551. The van der Waals surface area contributed by atoms with E-state index in [-0.39, 0.29) is 0 Å². The molecule has 122 valence electrons. The van der Waals surface area contributed by atoms with Crippen molar-refractivity contribution in [1.82, 2.24) is 0 Å². The van der Waals surface area contributed by atoms with Crippen molar-refractivity contribution >= 4 is 11.1 Å². The van der Waals surface area contributed by atoms with Gasteiger partial charge in [0.25, 0.3) is 0 Å². The summed E-state index contributed by atoms with van der Waals surface area (Å²) in [5.41, 5.74) is 9.83. The number of hydrogen-bond acceptors (Lipinski definition) is 0. The van der Waals surface area contributed by atoms with Crippen LogP contribution in [0.1, 0.15) is 41.9 Å². The first kappa shape index (κ1) is 14.7. The van der Waals surface area contributed by atoms with Gasteiger partial charge in [0.05, 0.1) is 0 Å². The summed E-state index contributed by atoms with van der Waals surface area (Å²) < 4.78 is 0. The molecule has 0 bridgehead atoms. The fourth-order valence-electron chi connectivity index (χ4n) is 4.62. The van der Waals surface area contributed by atoms with E-state index < -0.39 is 0 Å². The highest BCUT2D eigenvalue weighted by Gasteiger charge is 2.33. The molecular weight excluding hydrogens is 300 g/mol. The second-order valence-corrected chi connectivity index (χ2v) is 7.36. The van der Waals surface area contributed by atoms with Crippen molar-refractivity contribution in [1.29, 1.82) is 0 Å². The standard InChI is InChI=1S/C25H22/c1-17-7-6-8-18(15-17)19-13-14-24-22-11-3-2-9-20(22)21-10-4-5-12-23(21)25(24)16-19/h2,4-6,8-10,12-16,21,23H,1,3,7,11H2. The van der Waals surface area contributed by atoms with Gasteiger partial charge in [-0.25, -0.2) is 0 Å². The molecule has 0 heterocycles. The van der Waals surface area contributed by atoms with Crippen LogP contribution in [0.25, 0.3) is 11.1 Å². The Morgan fingerprint density at radius 3 is 2.72 bits per heavy atom. The van der Waals surface area contributed by atoms with E-state index in [1.807, 2.05) is 0 Å². The Kier molecular flexibility index (Phi) is 3.38. The molecule has 0 aromatic heterocycles. The van der Waals surface area contributed by atoms with Gasteiger partial charge in [-0.15, -0.1) is 0 Å². The smallest absolute Gasteiger partial charge is 0.0131 e. The van der Waals surface area contributed by atoms with Crippen LogP contribution in [0.4, 0.5) is 0 Å². The second kappa shape index (κ2) is 5.74. The molecule has 0 N–H and O–H groups in total. The molecule has 0 fully saturated rings. The summed E-state index contributed by atoms with van der Waals surface area (Å²) in [5.74, 6) is 0.947. The zero-order chi connectivity index (χ0) is 16.8. The highest BCUT2D eigenvalue weighted by molar-refractivity contribution is 5.83. The Labute approximate surface area is 150 Å². The van der Waals surface area contributed by atoms with E-state index >= 15 is 0 Å². The van der Waals surface area contributed by atoms with Crippen LogP contribution in [-0.4, -0.2) is 0 Å². The van der Waals surface area contributed by atoms with Gasteiger partial charge in [-0.2, -0.15) is 0 Å². The first-order chi connectivity index (χ1) is 12.3. The fourth-order valence-corrected chi connectivity index (χ4v) is 4.62. The van der Waals surface area contributed by atoms with Gasteiger partial charge in [0.1, 0.15) is 0 Å². The van der Waals surface area contributed by atoms with Gasteiger partial charge in [0.2, 0.25) is 0 Å².